The Morgan fingerprint density at radius 2 is 2.00 bits per heavy atom. The maximum absolute atomic E-state index is 12.2. The molecule has 0 aliphatic heterocycles. The first-order valence-corrected chi connectivity index (χ1v) is 6.69. The summed E-state index contributed by atoms with van der Waals surface area (Å²) in [6, 6.07) is 7.28. The molecular weight excluding hydrogens is 256 g/mol. The van der Waals surface area contributed by atoms with Crippen molar-refractivity contribution in [2.75, 3.05) is 26.0 Å². The topological polar surface area (TPSA) is 84.6 Å². The van der Waals surface area contributed by atoms with E-state index in [0.717, 1.165) is 5.56 Å². The lowest BCUT2D eigenvalue weighted by Crippen LogP contribution is -2.41. The molecule has 1 rings (SSSR count). The number of carbonyl (C=O) groups excluding carboxylic acids is 1. The molecular formula is C15H24N2O3. The molecule has 0 saturated heterocycles. The maximum Gasteiger partial charge on any atom is 0.230 e. The smallest absolute Gasteiger partial charge is 0.230 e. The number of methoxy groups -OCH3 is 1. The van der Waals surface area contributed by atoms with Gasteiger partial charge in [0.05, 0.1) is 18.1 Å². The lowest BCUT2D eigenvalue weighted by Gasteiger charge is -2.24. The van der Waals surface area contributed by atoms with Crippen LogP contribution in [0.2, 0.25) is 0 Å². The summed E-state index contributed by atoms with van der Waals surface area (Å²) in [4.78, 5) is 12.2. The lowest BCUT2D eigenvalue weighted by atomic mass is 9.83. The molecule has 1 aromatic carbocycles. The van der Waals surface area contributed by atoms with Gasteiger partial charge in [0.25, 0.3) is 0 Å². The van der Waals surface area contributed by atoms with Crippen LogP contribution in [0.3, 0.4) is 0 Å². The summed E-state index contributed by atoms with van der Waals surface area (Å²) in [5.41, 5.74) is 6.59. The highest BCUT2D eigenvalue weighted by atomic mass is 16.5. The highest BCUT2D eigenvalue weighted by Gasteiger charge is 2.29. The second-order valence-corrected chi connectivity index (χ2v) is 5.40. The summed E-state index contributed by atoms with van der Waals surface area (Å²) < 4.78 is 4.83. The minimum Gasteiger partial charge on any atom is -0.399 e. The van der Waals surface area contributed by atoms with Gasteiger partial charge in [-0.05, 0) is 38.0 Å². The molecule has 0 heterocycles. The van der Waals surface area contributed by atoms with Gasteiger partial charge in [0.2, 0.25) is 5.91 Å². The van der Waals surface area contributed by atoms with Gasteiger partial charge in [-0.1, -0.05) is 12.1 Å². The van der Waals surface area contributed by atoms with Crippen LogP contribution in [-0.4, -0.2) is 37.4 Å². The molecule has 0 aliphatic rings. The molecule has 5 nitrogen and oxygen atoms in total. The Morgan fingerprint density at radius 3 is 2.55 bits per heavy atom. The first kappa shape index (κ1) is 16.5. The van der Waals surface area contributed by atoms with E-state index >= 15 is 0 Å². The molecule has 0 spiro atoms. The quantitative estimate of drug-likeness (QED) is 0.652. The zero-order valence-electron chi connectivity index (χ0n) is 12.3. The largest absolute Gasteiger partial charge is 0.399 e. The molecule has 4 N–H and O–H groups in total. The minimum absolute atomic E-state index is 0.0770. The molecule has 5 heteroatoms. The molecule has 1 atom stereocenters. The van der Waals surface area contributed by atoms with Crippen molar-refractivity contribution >= 4 is 11.6 Å². The Labute approximate surface area is 120 Å². The first-order chi connectivity index (χ1) is 9.37. The van der Waals surface area contributed by atoms with Crippen molar-refractivity contribution in [3.05, 3.63) is 29.8 Å². The Balaban J connectivity index is 2.55. The number of ether oxygens (including phenoxy) is 1. The number of hydrogen-bond acceptors (Lipinski definition) is 4. The molecule has 0 radical (unpaired) electrons. The lowest BCUT2D eigenvalue weighted by molar-refractivity contribution is -0.125. The van der Waals surface area contributed by atoms with E-state index in [-0.39, 0.29) is 12.5 Å². The third-order valence-electron chi connectivity index (χ3n) is 3.32. The van der Waals surface area contributed by atoms with Crippen molar-refractivity contribution in [1.82, 2.24) is 5.32 Å². The Bertz CT molecular complexity index is 429. The van der Waals surface area contributed by atoms with Gasteiger partial charge in [0.15, 0.2) is 0 Å². The standard InChI is InChI=1S/C15H24N2O3/c1-15(2,11-4-6-12(16)7-5-11)14(19)17-9-8-13(18)10-20-3/h4-7,13,18H,8-10,16H2,1-3H3,(H,17,19). The summed E-state index contributed by atoms with van der Waals surface area (Å²) in [5, 5.41) is 12.4. The number of benzene rings is 1. The van der Waals surface area contributed by atoms with Crippen LogP contribution in [0.15, 0.2) is 24.3 Å². The SMILES string of the molecule is COCC(O)CCNC(=O)C(C)(C)c1ccc(N)cc1. The van der Waals surface area contributed by atoms with Crippen LogP contribution in [0.4, 0.5) is 5.69 Å². The summed E-state index contributed by atoms with van der Waals surface area (Å²) in [6.45, 7) is 4.41. The Hall–Kier alpha value is -1.59. The van der Waals surface area contributed by atoms with Crippen molar-refractivity contribution in [2.24, 2.45) is 0 Å². The Morgan fingerprint density at radius 1 is 1.40 bits per heavy atom. The van der Waals surface area contributed by atoms with E-state index in [1.54, 1.807) is 12.1 Å². The van der Waals surface area contributed by atoms with E-state index in [0.29, 0.717) is 18.7 Å². The Kier molecular flexibility index (Phi) is 5.98. The minimum atomic E-state index is -0.639. The van der Waals surface area contributed by atoms with E-state index in [1.165, 1.54) is 7.11 Å². The van der Waals surface area contributed by atoms with E-state index in [9.17, 15) is 9.90 Å². The highest BCUT2D eigenvalue weighted by Crippen LogP contribution is 2.24. The number of carbonyl (C=O) groups is 1. The number of rotatable bonds is 7. The van der Waals surface area contributed by atoms with Crippen molar-refractivity contribution < 1.29 is 14.6 Å². The van der Waals surface area contributed by atoms with Crippen LogP contribution in [0.5, 0.6) is 0 Å². The molecule has 1 unspecified atom stereocenters. The van der Waals surface area contributed by atoms with Gasteiger partial charge in [-0.3, -0.25) is 4.79 Å². The van der Waals surface area contributed by atoms with Crippen LogP contribution in [0, 0.1) is 0 Å². The maximum atomic E-state index is 12.2. The van der Waals surface area contributed by atoms with Crippen molar-refractivity contribution in [2.45, 2.75) is 31.8 Å². The highest BCUT2D eigenvalue weighted by molar-refractivity contribution is 5.87. The summed E-state index contributed by atoms with van der Waals surface area (Å²) in [5.74, 6) is -0.0770. The fourth-order valence-electron chi connectivity index (χ4n) is 1.88. The van der Waals surface area contributed by atoms with Crippen LogP contribution in [0.25, 0.3) is 0 Å². The molecule has 20 heavy (non-hydrogen) atoms. The van der Waals surface area contributed by atoms with Gasteiger partial charge in [0, 0.05) is 19.3 Å². The van der Waals surface area contributed by atoms with Gasteiger partial charge in [-0.25, -0.2) is 0 Å². The van der Waals surface area contributed by atoms with Crippen LogP contribution in [0.1, 0.15) is 25.8 Å². The number of hydrogen-bond donors (Lipinski definition) is 3. The number of aliphatic hydroxyl groups is 1. The molecule has 112 valence electrons. The van der Waals surface area contributed by atoms with E-state index in [2.05, 4.69) is 5.32 Å². The van der Waals surface area contributed by atoms with Gasteiger partial charge < -0.3 is 20.9 Å². The zero-order chi connectivity index (χ0) is 15.2. The number of nitrogens with two attached hydrogens (primary N) is 1. The van der Waals surface area contributed by atoms with Gasteiger partial charge in [-0.15, -0.1) is 0 Å². The molecule has 1 amide bonds. The third-order valence-corrected chi connectivity index (χ3v) is 3.32. The third kappa shape index (κ3) is 4.51. The van der Waals surface area contributed by atoms with E-state index in [4.69, 9.17) is 10.5 Å². The average molecular weight is 280 g/mol. The van der Waals surface area contributed by atoms with Crippen molar-refractivity contribution in [1.29, 1.82) is 0 Å². The molecule has 1 aromatic rings. The zero-order valence-corrected chi connectivity index (χ0v) is 12.3. The molecule has 0 aromatic heterocycles. The van der Waals surface area contributed by atoms with Crippen molar-refractivity contribution in [3.8, 4) is 0 Å². The van der Waals surface area contributed by atoms with Gasteiger partial charge in [0.1, 0.15) is 0 Å². The van der Waals surface area contributed by atoms with Crippen LogP contribution in [-0.2, 0) is 14.9 Å². The van der Waals surface area contributed by atoms with Gasteiger partial charge in [-0.2, -0.15) is 0 Å². The number of aliphatic hydroxyl groups excluding tert-OH is 1. The fraction of sp³-hybridized carbons (Fsp3) is 0.533. The second kappa shape index (κ2) is 7.26. The second-order valence-electron chi connectivity index (χ2n) is 5.40. The number of amides is 1. The van der Waals surface area contributed by atoms with E-state index in [1.807, 2.05) is 26.0 Å². The molecule has 0 bridgehead atoms. The van der Waals surface area contributed by atoms with Gasteiger partial charge >= 0.3 is 0 Å². The molecule has 0 saturated carbocycles. The predicted molar refractivity (Wildman–Crippen MR) is 79.4 cm³/mol. The van der Waals surface area contributed by atoms with Crippen LogP contribution >= 0.6 is 0 Å². The van der Waals surface area contributed by atoms with Crippen molar-refractivity contribution in [3.63, 3.8) is 0 Å². The average Bonchev–Trinajstić information content (AvgIpc) is 2.39. The number of nitrogen functional groups attached to an aromatic ring is 1. The predicted octanol–water partition coefficient (Wildman–Crippen LogP) is 1.06. The monoisotopic (exact) mass is 280 g/mol. The fourth-order valence-corrected chi connectivity index (χ4v) is 1.88. The number of nitrogens with one attached hydrogen (secondary N) is 1. The van der Waals surface area contributed by atoms with E-state index < -0.39 is 11.5 Å². The molecule has 0 fully saturated rings. The molecule has 0 aliphatic carbocycles. The summed E-state index contributed by atoms with van der Waals surface area (Å²) in [7, 11) is 1.53. The first-order valence-electron chi connectivity index (χ1n) is 6.69. The summed E-state index contributed by atoms with van der Waals surface area (Å²) in [6.07, 6.45) is -0.0860. The normalized spacial score (nSPS) is 13.0. The number of anilines is 1. The summed E-state index contributed by atoms with van der Waals surface area (Å²) >= 11 is 0. The van der Waals surface area contributed by atoms with Crippen LogP contribution < -0.4 is 11.1 Å².